The normalized spacial score (nSPS) is 13.8. The molecule has 1 aromatic heterocycles. The summed E-state index contributed by atoms with van der Waals surface area (Å²) >= 11 is 6.10. The van der Waals surface area contributed by atoms with E-state index in [1.54, 1.807) is 17.2 Å². The number of nitrogens with one attached hydrogen (secondary N) is 1. The molecule has 6 heteroatoms. The Hall–Kier alpha value is -2.27. The van der Waals surface area contributed by atoms with Crippen LogP contribution in [0.3, 0.4) is 0 Å². The summed E-state index contributed by atoms with van der Waals surface area (Å²) < 4.78 is 0. The number of carbonyl (C=O) groups excluding carboxylic acids is 1. The Bertz CT molecular complexity index is 719. The fourth-order valence-electron chi connectivity index (χ4n) is 2.44. The topological polar surface area (TPSA) is 48.5 Å². The standard InChI is InChI=1S/C16H17ClN4O/c1-11-5-6-12(10-13(11)17)19-16(22)21-9-8-20(2)15-14(21)4-3-7-18-15/h3-7,10H,8-9H2,1-2H3,(H,19,22). The van der Waals surface area contributed by atoms with Crippen molar-refractivity contribution >= 4 is 34.8 Å². The molecule has 1 N–H and O–H groups in total. The third kappa shape index (κ3) is 2.72. The maximum absolute atomic E-state index is 12.6. The highest BCUT2D eigenvalue weighted by atomic mass is 35.5. The van der Waals surface area contributed by atoms with Crippen LogP contribution in [0, 0.1) is 6.92 Å². The zero-order chi connectivity index (χ0) is 15.7. The molecule has 0 fully saturated rings. The number of likely N-dealkylation sites (N-methyl/N-ethyl adjacent to an activating group) is 1. The first-order chi connectivity index (χ1) is 10.6. The summed E-state index contributed by atoms with van der Waals surface area (Å²) in [6.45, 7) is 3.28. The molecule has 0 saturated heterocycles. The second-order valence-electron chi connectivity index (χ2n) is 5.31. The van der Waals surface area contributed by atoms with Crippen molar-refractivity contribution in [1.82, 2.24) is 4.98 Å². The minimum absolute atomic E-state index is 0.178. The van der Waals surface area contributed by atoms with Crippen molar-refractivity contribution in [1.29, 1.82) is 0 Å². The molecule has 114 valence electrons. The van der Waals surface area contributed by atoms with Gasteiger partial charge >= 0.3 is 6.03 Å². The summed E-state index contributed by atoms with van der Waals surface area (Å²) in [6.07, 6.45) is 1.73. The minimum Gasteiger partial charge on any atom is -0.356 e. The largest absolute Gasteiger partial charge is 0.356 e. The fourth-order valence-corrected chi connectivity index (χ4v) is 2.62. The van der Waals surface area contributed by atoms with Crippen LogP contribution in [0.25, 0.3) is 0 Å². The Morgan fingerprint density at radius 2 is 2.14 bits per heavy atom. The number of halogens is 1. The molecule has 1 aliphatic rings. The molecule has 0 spiro atoms. The number of anilines is 3. The highest BCUT2D eigenvalue weighted by Crippen LogP contribution is 2.30. The molecule has 0 unspecified atom stereocenters. The maximum atomic E-state index is 12.6. The van der Waals surface area contributed by atoms with Gasteiger partial charge in [-0.05, 0) is 36.8 Å². The maximum Gasteiger partial charge on any atom is 0.326 e. The number of carbonyl (C=O) groups is 1. The van der Waals surface area contributed by atoms with Gasteiger partial charge in [-0.3, -0.25) is 4.90 Å². The molecule has 3 rings (SSSR count). The van der Waals surface area contributed by atoms with Crippen molar-refractivity contribution in [3.05, 3.63) is 47.1 Å². The van der Waals surface area contributed by atoms with Crippen LogP contribution >= 0.6 is 11.6 Å². The van der Waals surface area contributed by atoms with E-state index < -0.39 is 0 Å². The van der Waals surface area contributed by atoms with E-state index in [0.29, 0.717) is 17.3 Å². The van der Waals surface area contributed by atoms with Crippen LogP contribution in [0.4, 0.5) is 22.0 Å². The number of amides is 2. The first-order valence-electron chi connectivity index (χ1n) is 7.07. The predicted molar refractivity (Wildman–Crippen MR) is 90.1 cm³/mol. The molecule has 0 saturated carbocycles. The van der Waals surface area contributed by atoms with Crippen LogP contribution in [-0.4, -0.2) is 31.2 Å². The number of aromatic nitrogens is 1. The number of aryl methyl sites for hydroxylation is 1. The van der Waals surface area contributed by atoms with Crippen LogP contribution in [0.2, 0.25) is 5.02 Å². The number of benzene rings is 1. The lowest BCUT2D eigenvalue weighted by Crippen LogP contribution is -2.45. The van der Waals surface area contributed by atoms with Gasteiger partial charge < -0.3 is 10.2 Å². The van der Waals surface area contributed by atoms with E-state index >= 15 is 0 Å². The number of urea groups is 1. The van der Waals surface area contributed by atoms with E-state index in [1.165, 1.54) is 0 Å². The zero-order valence-electron chi connectivity index (χ0n) is 12.5. The molecular formula is C16H17ClN4O. The molecule has 2 heterocycles. The molecule has 1 aromatic carbocycles. The van der Waals surface area contributed by atoms with Gasteiger partial charge in [0.2, 0.25) is 0 Å². The fraction of sp³-hybridized carbons (Fsp3) is 0.250. The van der Waals surface area contributed by atoms with Crippen molar-refractivity contribution < 1.29 is 4.79 Å². The molecule has 0 atom stereocenters. The van der Waals surface area contributed by atoms with Crippen molar-refractivity contribution in [2.45, 2.75) is 6.92 Å². The summed E-state index contributed by atoms with van der Waals surface area (Å²) in [7, 11) is 1.97. The Balaban J connectivity index is 1.84. The van der Waals surface area contributed by atoms with Gasteiger partial charge in [0, 0.05) is 37.0 Å². The summed E-state index contributed by atoms with van der Waals surface area (Å²) in [5, 5.41) is 3.53. The molecule has 1 aliphatic heterocycles. The monoisotopic (exact) mass is 316 g/mol. The van der Waals surface area contributed by atoms with Gasteiger partial charge in [0.05, 0.1) is 5.69 Å². The van der Waals surface area contributed by atoms with Crippen molar-refractivity contribution in [3.63, 3.8) is 0 Å². The number of nitrogens with zero attached hydrogens (tertiary/aromatic N) is 3. The lowest BCUT2D eigenvalue weighted by atomic mass is 10.2. The van der Waals surface area contributed by atoms with Gasteiger partial charge in [0.15, 0.2) is 5.82 Å². The molecular weight excluding hydrogens is 300 g/mol. The number of pyridine rings is 1. The highest BCUT2D eigenvalue weighted by molar-refractivity contribution is 6.31. The quantitative estimate of drug-likeness (QED) is 0.875. The molecule has 0 bridgehead atoms. The molecule has 2 aromatic rings. The smallest absolute Gasteiger partial charge is 0.326 e. The van der Waals surface area contributed by atoms with Gasteiger partial charge in [-0.25, -0.2) is 9.78 Å². The number of fused-ring (bicyclic) bond motifs is 1. The van der Waals surface area contributed by atoms with E-state index in [1.807, 2.05) is 43.1 Å². The van der Waals surface area contributed by atoms with E-state index in [0.717, 1.165) is 23.6 Å². The predicted octanol–water partition coefficient (Wildman–Crippen LogP) is 3.53. The van der Waals surface area contributed by atoms with Gasteiger partial charge in [-0.15, -0.1) is 0 Å². The van der Waals surface area contributed by atoms with Crippen molar-refractivity contribution in [2.24, 2.45) is 0 Å². The zero-order valence-corrected chi connectivity index (χ0v) is 13.3. The minimum atomic E-state index is -0.178. The lowest BCUT2D eigenvalue weighted by Gasteiger charge is -2.34. The van der Waals surface area contributed by atoms with E-state index in [4.69, 9.17) is 11.6 Å². The molecule has 0 radical (unpaired) electrons. The molecule has 5 nitrogen and oxygen atoms in total. The summed E-state index contributed by atoms with van der Waals surface area (Å²) in [4.78, 5) is 20.7. The first-order valence-corrected chi connectivity index (χ1v) is 7.45. The summed E-state index contributed by atoms with van der Waals surface area (Å²) in [6, 6.07) is 9.05. The number of hydrogen-bond acceptors (Lipinski definition) is 3. The van der Waals surface area contributed by atoms with Crippen molar-refractivity contribution in [2.75, 3.05) is 35.3 Å². The molecule has 2 amide bonds. The van der Waals surface area contributed by atoms with Crippen LogP contribution in [0.5, 0.6) is 0 Å². The SMILES string of the molecule is Cc1ccc(NC(=O)N2CCN(C)c3ncccc32)cc1Cl. The van der Waals surface area contributed by atoms with Gasteiger partial charge in [-0.2, -0.15) is 0 Å². The summed E-state index contributed by atoms with van der Waals surface area (Å²) in [5.74, 6) is 0.811. The Morgan fingerprint density at radius 1 is 1.32 bits per heavy atom. The second-order valence-corrected chi connectivity index (χ2v) is 5.72. The number of rotatable bonds is 1. The summed E-state index contributed by atoms with van der Waals surface area (Å²) in [5.41, 5.74) is 2.48. The third-order valence-corrected chi connectivity index (χ3v) is 4.15. The van der Waals surface area contributed by atoms with Crippen molar-refractivity contribution in [3.8, 4) is 0 Å². The van der Waals surface area contributed by atoms with E-state index in [-0.39, 0.29) is 6.03 Å². The highest BCUT2D eigenvalue weighted by Gasteiger charge is 2.25. The number of hydrogen-bond donors (Lipinski definition) is 1. The average molecular weight is 317 g/mol. The lowest BCUT2D eigenvalue weighted by molar-refractivity contribution is 0.257. The van der Waals surface area contributed by atoms with Crippen LogP contribution in [0.15, 0.2) is 36.5 Å². The Kier molecular flexibility index (Phi) is 3.90. The molecule has 0 aliphatic carbocycles. The van der Waals surface area contributed by atoms with Gasteiger partial charge in [0.1, 0.15) is 0 Å². The first kappa shape index (κ1) is 14.7. The Morgan fingerprint density at radius 3 is 2.91 bits per heavy atom. The van der Waals surface area contributed by atoms with E-state index in [9.17, 15) is 4.79 Å². The van der Waals surface area contributed by atoms with Gasteiger partial charge in [0.25, 0.3) is 0 Å². The van der Waals surface area contributed by atoms with Crippen LogP contribution in [-0.2, 0) is 0 Å². The van der Waals surface area contributed by atoms with Crippen LogP contribution < -0.4 is 15.1 Å². The molecule has 22 heavy (non-hydrogen) atoms. The average Bonchev–Trinajstić information content (AvgIpc) is 2.51. The van der Waals surface area contributed by atoms with E-state index in [2.05, 4.69) is 10.3 Å². The van der Waals surface area contributed by atoms with Crippen LogP contribution in [0.1, 0.15) is 5.56 Å². The second kappa shape index (κ2) is 5.85. The Labute approximate surface area is 134 Å². The van der Waals surface area contributed by atoms with Gasteiger partial charge in [-0.1, -0.05) is 17.7 Å². The third-order valence-electron chi connectivity index (χ3n) is 3.75.